The second-order valence-electron chi connectivity index (χ2n) is 4.75. The minimum Gasteiger partial charge on any atom is -0.368 e. The molecule has 0 spiro atoms. The summed E-state index contributed by atoms with van der Waals surface area (Å²) in [5.74, 6) is 1.28. The molecular weight excluding hydrogens is 241 g/mol. The van der Waals surface area contributed by atoms with Crippen molar-refractivity contribution in [1.29, 1.82) is 0 Å². The van der Waals surface area contributed by atoms with Gasteiger partial charge < -0.3 is 4.90 Å². The van der Waals surface area contributed by atoms with Gasteiger partial charge in [0.25, 0.3) is 0 Å². The Morgan fingerprint density at radius 2 is 2.12 bits per heavy atom. The molecule has 1 aromatic carbocycles. The summed E-state index contributed by atoms with van der Waals surface area (Å²) < 4.78 is 0. The van der Waals surface area contributed by atoms with Crippen molar-refractivity contribution in [3.63, 3.8) is 0 Å². The molecule has 0 aromatic heterocycles. The highest BCUT2D eigenvalue weighted by Crippen LogP contribution is 2.33. The molecule has 1 aromatic rings. The summed E-state index contributed by atoms with van der Waals surface area (Å²) in [7, 11) is 0. The first-order valence-electron chi connectivity index (χ1n) is 5.73. The van der Waals surface area contributed by atoms with E-state index in [4.69, 9.17) is 23.2 Å². The highest BCUT2D eigenvalue weighted by Gasteiger charge is 2.27. The van der Waals surface area contributed by atoms with Gasteiger partial charge in [0.1, 0.15) is 0 Å². The Kier molecular flexibility index (Phi) is 3.66. The first-order chi connectivity index (χ1) is 7.61. The molecule has 2 atom stereocenters. The van der Waals surface area contributed by atoms with Crippen molar-refractivity contribution in [2.75, 3.05) is 11.4 Å². The largest absolute Gasteiger partial charge is 0.368 e. The monoisotopic (exact) mass is 257 g/mol. The Morgan fingerprint density at radius 1 is 1.38 bits per heavy atom. The van der Waals surface area contributed by atoms with Gasteiger partial charge in [0.05, 0.1) is 0 Å². The molecule has 0 aliphatic carbocycles. The smallest absolute Gasteiger partial charge is 0.0495 e. The number of halogens is 2. The van der Waals surface area contributed by atoms with E-state index in [2.05, 4.69) is 24.8 Å². The van der Waals surface area contributed by atoms with E-state index in [1.165, 1.54) is 12.1 Å². The minimum atomic E-state index is 0.521. The molecule has 2 rings (SSSR count). The van der Waals surface area contributed by atoms with E-state index < -0.39 is 0 Å². The molecule has 0 saturated carbocycles. The van der Waals surface area contributed by atoms with E-state index in [-0.39, 0.29) is 0 Å². The van der Waals surface area contributed by atoms with Crippen molar-refractivity contribution in [1.82, 2.24) is 0 Å². The van der Waals surface area contributed by atoms with Crippen LogP contribution in [0.1, 0.15) is 25.8 Å². The van der Waals surface area contributed by atoms with Crippen molar-refractivity contribution in [3.8, 4) is 0 Å². The van der Waals surface area contributed by atoms with Crippen molar-refractivity contribution >= 4 is 28.9 Å². The number of benzene rings is 1. The standard InChI is InChI=1S/C13H17Cl2N/c1-9-5-10(2)16(8-9)13-4-3-12(15)6-11(13)7-14/h3-4,6,9-10H,5,7-8H2,1-2H3. The summed E-state index contributed by atoms with van der Waals surface area (Å²) in [6, 6.07) is 6.61. The maximum absolute atomic E-state index is 5.99. The zero-order valence-corrected chi connectivity index (χ0v) is 11.2. The molecule has 1 fully saturated rings. The summed E-state index contributed by atoms with van der Waals surface area (Å²) in [4.78, 5) is 2.44. The van der Waals surface area contributed by atoms with Crippen LogP contribution in [0.5, 0.6) is 0 Å². The average Bonchev–Trinajstić information content (AvgIpc) is 2.57. The van der Waals surface area contributed by atoms with Gasteiger partial charge in [-0.2, -0.15) is 0 Å². The number of hydrogen-bond donors (Lipinski definition) is 0. The van der Waals surface area contributed by atoms with Crippen LogP contribution >= 0.6 is 23.2 Å². The number of hydrogen-bond acceptors (Lipinski definition) is 1. The molecule has 2 unspecified atom stereocenters. The number of nitrogens with zero attached hydrogens (tertiary/aromatic N) is 1. The van der Waals surface area contributed by atoms with Crippen LogP contribution in [0.3, 0.4) is 0 Å². The lowest BCUT2D eigenvalue weighted by Crippen LogP contribution is -2.27. The van der Waals surface area contributed by atoms with Crippen LogP contribution < -0.4 is 4.90 Å². The van der Waals surface area contributed by atoms with Crippen molar-refractivity contribution in [2.24, 2.45) is 5.92 Å². The van der Waals surface area contributed by atoms with E-state index in [1.807, 2.05) is 12.1 Å². The summed E-state index contributed by atoms with van der Waals surface area (Å²) in [5, 5.41) is 0.763. The molecule has 1 aliphatic heterocycles. The summed E-state index contributed by atoms with van der Waals surface area (Å²) >= 11 is 12.0. The second-order valence-corrected chi connectivity index (χ2v) is 5.45. The van der Waals surface area contributed by atoms with E-state index >= 15 is 0 Å². The Bertz CT molecular complexity index is 378. The zero-order valence-electron chi connectivity index (χ0n) is 9.71. The predicted octanol–water partition coefficient (Wildman–Crippen LogP) is 4.31. The van der Waals surface area contributed by atoms with Crippen molar-refractivity contribution < 1.29 is 0 Å². The fraction of sp³-hybridized carbons (Fsp3) is 0.538. The first kappa shape index (κ1) is 12.1. The second kappa shape index (κ2) is 4.85. The maximum Gasteiger partial charge on any atom is 0.0495 e. The topological polar surface area (TPSA) is 3.24 Å². The Balaban J connectivity index is 2.32. The summed E-state index contributed by atoms with van der Waals surface area (Å²) in [6.07, 6.45) is 1.25. The molecule has 0 radical (unpaired) electrons. The molecule has 1 heterocycles. The van der Waals surface area contributed by atoms with Crippen LogP contribution in [0.15, 0.2) is 18.2 Å². The van der Waals surface area contributed by atoms with Gasteiger partial charge in [0.2, 0.25) is 0 Å². The fourth-order valence-corrected chi connectivity index (χ4v) is 2.99. The molecule has 16 heavy (non-hydrogen) atoms. The van der Waals surface area contributed by atoms with E-state index in [0.717, 1.165) is 23.0 Å². The van der Waals surface area contributed by atoms with Gasteiger partial charge in [-0.1, -0.05) is 18.5 Å². The fourth-order valence-electron chi connectivity index (χ4n) is 2.58. The Hall–Kier alpha value is -0.400. The van der Waals surface area contributed by atoms with E-state index in [1.54, 1.807) is 0 Å². The average molecular weight is 258 g/mol. The lowest BCUT2D eigenvalue weighted by molar-refractivity contribution is 0.625. The lowest BCUT2D eigenvalue weighted by atomic mass is 10.1. The van der Waals surface area contributed by atoms with Crippen LogP contribution in [0.25, 0.3) is 0 Å². The molecule has 0 amide bonds. The number of rotatable bonds is 2. The minimum absolute atomic E-state index is 0.521. The van der Waals surface area contributed by atoms with Gasteiger partial charge in [-0.25, -0.2) is 0 Å². The Labute approximate surface area is 107 Å². The molecule has 1 saturated heterocycles. The summed E-state index contributed by atoms with van der Waals surface area (Å²) in [6.45, 7) is 5.69. The van der Waals surface area contributed by atoms with E-state index in [9.17, 15) is 0 Å². The van der Waals surface area contributed by atoms with Crippen LogP contribution in [-0.2, 0) is 5.88 Å². The SMILES string of the molecule is CC1CC(C)N(c2ccc(Cl)cc2CCl)C1. The third kappa shape index (κ3) is 2.31. The van der Waals surface area contributed by atoms with Crippen molar-refractivity contribution in [3.05, 3.63) is 28.8 Å². The zero-order chi connectivity index (χ0) is 11.7. The van der Waals surface area contributed by atoms with Crippen LogP contribution in [-0.4, -0.2) is 12.6 Å². The quantitative estimate of drug-likeness (QED) is 0.714. The molecule has 0 bridgehead atoms. The van der Waals surface area contributed by atoms with Gasteiger partial charge >= 0.3 is 0 Å². The molecular formula is C13H17Cl2N. The molecule has 1 nitrogen and oxygen atoms in total. The van der Waals surface area contributed by atoms with Crippen molar-refractivity contribution in [2.45, 2.75) is 32.2 Å². The van der Waals surface area contributed by atoms with Gasteiger partial charge in [-0.05, 0) is 43.0 Å². The van der Waals surface area contributed by atoms with Gasteiger partial charge in [0, 0.05) is 29.2 Å². The first-order valence-corrected chi connectivity index (χ1v) is 6.64. The lowest BCUT2D eigenvalue weighted by Gasteiger charge is -2.26. The van der Waals surface area contributed by atoms with Gasteiger partial charge in [-0.15, -0.1) is 11.6 Å². The number of anilines is 1. The third-order valence-corrected chi connectivity index (χ3v) is 3.80. The highest BCUT2D eigenvalue weighted by molar-refractivity contribution is 6.30. The molecule has 3 heteroatoms. The highest BCUT2D eigenvalue weighted by atomic mass is 35.5. The van der Waals surface area contributed by atoms with Gasteiger partial charge in [-0.3, -0.25) is 0 Å². The normalized spacial score (nSPS) is 25.1. The van der Waals surface area contributed by atoms with Crippen LogP contribution in [0.4, 0.5) is 5.69 Å². The molecule has 1 aliphatic rings. The molecule has 0 N–H and O–H groups in total. The predicted molar refractivity (Wildman–Crippen MR) is 71.6 cm³/mol. The summed E-state index contributed by atoms with van der Waals surface area (Å²) in [5.41, 5.74) is 2.38. The van der Waals surface area contributed by atoms with E-state index in [0.29, 0.717) is 11.9 Å². The Morgan fingerprint density at radius 3 is 2.69 bits per heavy atom. The van der Waals surface area contributed by atoms with Crippen LogP contribution in [0, 0.1) is 5.92 Å². The van der Waals surface area contributed by atoms with Gasteiger partial charge in [0.15, 0.2) is 0 Å². The third-order valence-electron chi connectivity index (χ3n) is 3.28. The molecule has 88 valence electrons. The maximum atomic E-state index is 5.99. The number of alkyl halides is 1. The van der Waals surface area contributed by atoms with Crippen LogP contribution in [0.2, 0.25) is 5.02 Å².